The number of nitrogens with zero attached hydrogens (tertiary/aromatic N) is 1. The van der Waals surface area contributed by atoms with Crippen LogP contribution < -0.4 is 16.2 Å². The van der Waals surface area contributed by atoms with Crippen molar-refractivity contribution in [2.75, 3.05) is 12.8 Å². The van der Waals surface area contributed by atoms with E-state index in [4.69, 9.17) is 10.5 Å². The van der Waals surface area contributed by atoms with E-state index in [0.717, 1.165) is 22.3 Å². The van der Waals surface area contributed by atoms with Crippen molar-refractivity contribution in [2.24, 2.45) is 0 Å². The van der Waals surface area contributed by atoms with Crippen LogP contribution >= 0.6 is 0 Å². The van der Waals surface area contributed by atoms with Crippen LogP contribution in [0.4, 0.5) is 5.69 Å². The summed E-state index contributed by atoms with van der Waals surface area (Å²) in [6.45, 7) is 0.492. The zero-order chi connectivity index (χ0) is 14.1. The average Bonchev–Trinajstić information content (AvgIpc) is 2.76. The lowest BCUT2D eigenvalue weighted by Crippen LogP contribution is -2.17. The summed E-state index contributed by atoms with van der Waals surface area (Å²) in [5.41, 5.74) is 8.91. The molecule has 0 radical (unpaired) electrons. The summed E-state index contributed by atoms with van der Waals surface area (Å²) in [7, 11) is 1.63. The SMILES string of the molecule is COc1ccc(Cn2c(=O)[nH]c3ccc(N)cc32)cc1. The number of anilines is 1. The maximum Gasteiger partial charge on any atom is 0.326 e. The van der Waals surface area contributed by atoms with Gasteiger partial charge < -0.3 is 15.5 Å². The van der Waals surface area contributed by atoms with E-state index in [9.17, 15) is 4.79 Å². The van der Waals surface area contributed by atoms with E-state index in [0.29, 0.717) is 12.2 Å². The number of nitrogens with two attached hydrogens (primary N) is 1. The van der Waals surface area contributed by atoms with Crippen LogP contribution in [0.15, 0.2) is 47.3 Å². The van der Waals surface area contributed by atoms with Crippen LogP contribution in [0.25, 0.3) is 11.0 Å². The van der Waals surface area contributed by atoms with Gasteiger partial charge in [-0.25, -0.2) is 4.79 Å². The van der Waals surface area contributed by atoms with Crippen molar-refractivity contribution in [3.63, 3.8) is 0 Å². The van der Waals surface area contributed by atoms with Crippen LogP contribution in [0.1, 0.15) is 5.56 Å². The largest absolute Gasteiger partial charge is 0.497 e. The lowest BCUT2D eigenvalue weighted by molar-refractivity contribution is 0.414. The highest BCUT2D eigenvalue weighted by atomic mass is 16.5. The highest BCUT2D eigenvalue weighted by Crippen LogP contribution is 2.17. The number of ether oxygens (including phenoxy) is 1. The summed E-state index contributed by atoms with van der Waals surface area (Å²) >= 11 is 0. The molecule has 1 aromatic heterocycles. The van der Waals surface area contributed by atoms with E-state index < -0.39 is 0 Å². The predicted molar refractivity (Wildman–Crippen MR) is 79.1 cm³/mol. The van der Waals surface area contributed by atoms with Crippen LogP contribution in [-0.2, 0) is 6.54 Å². The average molecular weight is 269 g/mol. The molecule has 3 aromatic rings. The van der Waals surface area contributed by atoms with Crippen LogP contribution in [0.2, 0.25) is 0 Å². The van der Waals surface area contributed by atoms with Crippen LogP contribution in [0.5, 0.6) is 5.75 Å². The van der Waals surface area contributed by atoms with Crippen molar-refractivity contribution in [2.45, 2.75) is 6.54 Å². The topological polar surface area (TPSA) is 73.0 Å². The van der Waals surface area contributed by atoms with Crippen molar-refractivity contribution >= 4 is 16.7 Å². The molecule has 0 aliphatic carbocycles. The Balaban J connectivity index is 2.03. The van der Waals surface area contributed by atoms with Crippen molar-refractivity contribution in [1.82, 2.24) is 9.55 Å². The molecule has 0 atom stereocenters. The molecule has 3 rings (SSSR count). The Labute approximate surface area is 115 Å². The number of aromatic nitrogens is 2. The summed E-state index contributed by atoms with van der Waals surface area (Å²) in [4.78, 5) is 14.8. The zero-order valence-corrected chi connectivity index (χ0v) is 11.1. The highest BCUT2D eigenvalue weighted by Gasteiger charge is 2.07. The molecule has 3 N–H and O–H groups in total. The van der Waals surface area contributed by atoms with E-state index in [1.807, 2.05) is 30.3 Å². The molecular weight excluding hydrogens is 254 g/mol. The molecular formula is C15H15N3O2. The predicted octanol–water partition coefficient (Wildman–Crippen LogP) is 1.97. The molecule has 1 heterocycles. The third-order valence-corrected chi connectivity index (χ3v) is 3.30. The van der Waals surface area contributed by atoms with Gasteiger partial charge in [-0.1, -0.05) is 12.1 Å². The third-order valence-electron chi connectivity index (χ3n) is 3.30. The molecule has 0 unspecified atom stereocenters. The molecule has 0 spiro atoms. The summed E-state index contributed by atoms with van der Waals surface area (Å²) < 4.78 is 6.80. The minimum atomic E-state index is -0.138. The van der Waals surface area contributed by atoms with Gasteiger partial charge >= 0.3 is 5.69 Å². The quantitative estimate of drug-likeness (QED) is 0.714. The second-order valence-corrected chi connectivity index (χ2v) is 4.64. The maximum absolute atomic E-state index is 12.0. The van der Waals surface area contributed by atoms with Crippen molar-refractivity contribution in [3.05, 3.63) is 58.5 Å². The third kappa shape index (κ3) is 2.14. The molecule has 5 nitrogen and oxygen atoms in total. The number of fused-ring (bicyclic) bond motifs is 1. The van der Waals surface area contributed by atoms with E-state index in [1.54, 1.807) is 23.8 Å². The van der Waals surface area contributed by atoms with Crippen molar-refractivity contribution in [3.8, 4) is 5.75 Å². The standard InChI is InChI=1S/C15H15N3O2/c1-20-12-5-2-10(3-6-12)9-18-14-8-11(16)4-7-13(14)17-15(18)19/h2-8H,9,16H2,1H3,(H,17,19). The first-order valence-corrected chi connectivity index (χ1v) is 6.28. The van der Waals surface area contributed by atoms with E-state index in [1.165, 1.54) is 0 Å². The lowest BCUT2D eigenvalue weighted by atomic mass is 10.2. The summed E-state index contributed by atoms with van der Waals surface area (Å²) in [5, 5.41) is 0. The minimum Gasteiger partial charge on any atom is -0.497 e. The summed E-state index contributed by atoms with van der Waals surface area (Å²) in [6.07, 6.45) is 0. The number of nitrogens with one attached hydrogen (secondary N) is 1. The smallest absolute Gasteiger partial charge is 0.326 e. The number of nitrogen functional groups attached to an aromatic ring is 1. The van der Waals surface area contributed by atoms with Crippen LogP contribution in [0.3, 0.4) is 0 Å². The van der Waals surface area contributed by atoms with Gasteiger partial charge in [0.2, 0.25) is 0 Å². The normalized spacial score (nSPS) is 10.8. The molecule has 5 heteroatoms. The van der Waals surface area contributed by atoms with E-state index in [2.05, 4.69) is 4.98 Å². The molecule has 20 heavy (non-hydrogen) atoms. The van der Waals surface area contributed by atoms with Gasteiger partial charge in [0.1, 0.15) is 5.75 Å². The maximum atomic E-state index is 12.0. The van der Waals surface area contributed by atoms with Gasteiger partial charge in [-0.3, -0.25) is 4.57 Å². The monoisotopic (exact) mass is 269 g/mol. The van der Waals surface area contributed by atoms with Gasteiger partial charge in [-0.2, -0.15) is 0 Å². The van der Waals surface area contributed by atoms with Crippen LogP contribution in [0, 0.1) is 0 Å². The number of aromatic amines is 1. The molecule has 0 aliphatic rings. The molecule has 0 bridgehead atoms. The number of imidazole rings is 1. The van der Waals surface area contributed by atoms with Gasteiger partial charge in [0.15, 0.2) is 0 Å². The number of benzene rings is 2. The van der Waals surface area contributed by atoms with E-state index >= 15 is 0 Å². The van der Waals surface area contributed by atoms with Crippen molar-refractivity contribution in [1.29, 1.82) is 0 Å². The second kappa shape index (κ2) is 4.77. The molecule has 0 aliphatic heterocycles. The highest BCUT2D eigenvalue weighted by molar-refractivity contribution is 5.79. The number of methoxy groups -OCH3 is 1. The summed E-state index contributed by atoms with van der Waals surface area (Å²) in [6, 6.07) is 13.0. The molecule has 0 saturated heterocycles. The van der Waals surface area contributed by atoms with Gasteiger partial charge in [-0.15, -0.1) is 0 Å². The minimum absolute atomic E-state index is 0.138. The van der Waals surface area contributed by atoms with Gasteiger partial charge in [0.25, 0.3) is 0 Å². The lowest BCUT2D eigenvalue weighted by Gasteiger charge is -2.05. The van der Waals surface area contributed by atoms with Gasteiger partial charge in [0.05, 0.1) is 24.7 Å². The fourth-order valence-corrected chi connectivity index (χ4v) is 2.24. The number of hydrogen-bond donors (Lipinski definition) is 2. The Kier molecular flexibility index (Phi) is 2.95. The molecule has 0 fully saturated rings. The van der Waals surface area contributed by atoms with Crippen molar-refractivity contribution < 1.29 is 4.74 Å². The first kappa shape index (κ1) is 12.3. The number of H-pyrrole nitrogens is 1. The fraction of sp³-hybridized carbons (Fsp3) is 0.133. The Hall–Kier alpha value is -2.69. The Morgan fingerprint density at radius 2 is 1.95 bits per heavy atom. The number of hydrogen-bond acceptors (Lipinski definition) is 3. The summed E-state index contributed by atoms with van der Waals surface area (Å²) in [5.74, 6) is 0.796. The Morgan fingerprint density at radius 3 is 2.65 bits per heavy atom. The van der Waals surface area contributed by atoms with Crippen LogP contribution in [-0.4, -0.2) is 16.7 Å². The Bertz CT molecular complexity index is 800. The fourth-order valence-electron chi connectivity index (χ4n) is 2.24. The van der Waals surface area contributed by atoms with Gasteiger partial charge in [0, 0.05) is 5.69 Å². The second-order valence-electron chi connectivity index (χ2n) is 4.64. The molecule has 0 amide bonds. The zero-order valence-electron chi connectivity index (χ0n) is 11.1. The first-order valence-electron chi connectivity index (χ1n) is 6.28. The first-order chi connectivity index (χ1) is 9.67. The number of rotatable bonds is 3. The molecule has 0 saturated carbocycles. The Morgan fingerprint density at radius 1 is 1.20 bits per heavy atom. The van der Waals surface area contributed by atoms with Gasteiger partial charge in [-0.05, 0) is 35.9 Å². The van der Waals surface area contributed by atoms with E-state index in [-0.39, 0.29) is 5.69 Å². The molecule has 102 valence electrons. The molecule has 2 aromatic carbocycles.